The number of imidazole rings is 1. The van der Waals surface area contributed by atoms with Crippen molar-refractivity contribution in [1.82, 2.24) is 24.3 Å². The lowest BCUT2D eigenvalue weighted by Gasteiger charge is -2.25. The number of amides is 1. The minimum absolute atomic E-state index is 0.0915. The second-order valence-electron chi connectivity index (χ2n) is 7.55. The number of aromatic nitrogens is 4. The number of nitrogens with zero attached hydrogens (tertiary/aromatic N) is 5. The van der Waals surface area contributed by atoms with Crippen molar-refractivity contribution in [2.45, 2.75) is 12.6 Å². The minimum Gasteiger partial charge on any atom is -0.472 e. The van der Waals surface area contributed by atoms with Crippen molar-refractivity contribution >= 4 is 28.7 Å². The van der Waals surface area contributed by atoms with E-state index >= 15 is 0 Å². The number of fused-ring (bicyclic) bond motifs is 1. The molecule has 0 fully saturated rings. The Morgan fingerprint density at radius 1 is 1.24 bits per heavy atom. The van der Waals surface area contributed by atoms with Crippen molar-refractivity contribution in [1.29, 1.82) is 0 Å². The molecular formula is C22H14ClF4N5O2. The highest BCUT2D eigenvalue weighted by atomic mass is 35.5. The third kappa shape index (κ3) is 3.81. The first-order valence-corrected chi connectivity index (χ1v) is 10.4. The molecule has 0 atom stereocenters. The van der Waals surface area contributed by atoms with Gasteiger partial charge in [-0.1, -0.05) is 17.7 Å². The van der Waals surface area contributed by atoms with Crippen LogP contribution in [0.4, 0.5) is 17.6 Å². The molecule has 0 aliphatic carbocycles. The van der Waals surface area contributed by atoms with Crippen LogP contribution >= 0.6 is 11.6 Å². The number of pyridine rings is 1. The molecule has 0 unspecified atom stereocenters. The van der Waals surface area contributed by atoms with Gasteiger partial charge in [0.25, 0.3) is 5.91 Å². The Kier molecular flexibility index (Phi) is 5.35. The summed E-state index contributed by atoms with van der Waals surface area (Å²) < 4.78 is 61.4. The zero-order valence-corrected chi connectivity index (χ0v) is 17.9. The average Bonchev–Trinajstić information content (AvgIpc) is 3.47. The smallest absolute Gasteiger partial charge is 0.420 e. The van der Waals surface area contributed by atoms with Gasteiger partial charge < -0.3 is 9.32 Å². The Balaban J connectivity index is 1.51. The molecule has 0 aromatic carbocycles. The van der Waals surface area contributed by atoms with Crippen LogP contribution < -0.4 is 0 Å². The lowest BCUT2D eigenvalue weighted by atomic mass is 10.0. The highest BCUT2D eigenvalue weighted by Crippen LogP contribution is 2.37. The highest BCUT2D eigenvalue weighted by molar-refractivity contribution is 6.33. The second-order valence-corrected chi connectivity index (χ2v) is 7.90. The summed E-state index contributed by atoms with van der Waals surface area (Å²) in [5.74, 6) is -1.21. The van der Waals surface area contributed by atoms with Crippen molar-refractivity contribution in [3.63, 3.8) is 0 Å². The number of rotatable bonds is 3. The van der Waals surface area contributed by atoms with Gasteiger partial charge in [-0.05, 0) is 24.1 Å². The van der Waals surface area contributed by atoms with E-state index in [9.17, 15) is 22.4 Å². The molecular weight excluding hydrogens is 478 g/mol. The molecule has 7 nitrogen and oxygen atoms in total. The molecule has 1 aliphatic rings. The maximum Gasteiger partial charge on any atom is 0.420 e. The van der Waals surface area contributed by atoms with Crippen LogP contribution in [0.2, 0.25) is 5.15 Å². The molecule has 0 spiro atoms. The van der Waals surface area contributed by atoms with Crippen molar-refractivity contribution in [2.75, 3.05) is 13.1 Å². The molecule has 0 bridgehead atoms. The van der Waals surface area contributed by atoms with Crippen LogP contribution in [-0.2, 0) is 6.18 Å². The van der Waals surface area contributed by atoms with E-state index in [1.807, 2.05) is 0 Å². The molecule has 0 saturated carbocycles. The number of alkyl halides is 3. The van der Waals surface area contributed by atoms with E-state index < -0.39 is 29.1 Å². The Hall–Kier alpha value is -3.73. The highest BCUT2D eigenvalue weighted by Gasteiger charge is 2.36. The number of halogens is 5. The summed E-state index contributed by atoms with van der Waals surface area (Å²) >= 11 is 6.35. The van der Waals surface area contributed by atoms with Gasteiger partial charge in [-0.3, -0.25) is 9.20 Å². The van der Waals surface area contributed by atoms with Crippen LogP contribution in [0.1, 0.15) is 28.2 Å². The van der Waals surface area contributed by atoms with E-state index in [1.165, 1.54) is 36.0 Å². The summed E-state index contributed by atoms with van der Waals surface area (Å²) in [5.41, 5.74) is -0.457. The molecule has 12 heteroatoms. The summed E-state index contributed by atoms with van der Waals surface area (Å²) in [5, 5.41) is -0.243. The third-order valence-corrected chi connectivity index (χ3v) is 5.85. The SMILES string of the molecule is O=C(c1nc2c(C(F)(F)F)cc(-c3ccoc3)cn2c1Cl)N1CC=C(c2ncncc2F)CC1. The largest absolute Gasteiger partial charge is 0.472 e. The van der Waals surface area contributed by atoms with Gasteiger partial charge in [-0.15, -0.1) is 0 Å². The Labute approximate surface area is 194 Å². The molecule has 0 radical (unpaired) electrons. The summed E-state index contributed by atoms with van der Waals surface area (Å²) in [4.78, 5) is 26.0. The summed E-state index contributed by atoms with van der Waals surface area (Å²) in [7, 11) is 0. The lowest BCUT2D eigenvalue weighted by molar-refractivity contribution is -0.136. The monoisotopic (exact) mass is 491 g/mol. The van der Waals surface area contributed by atoms with Crippen molar-refractivity contribution < 1.29 is 26.8 Å². The molecule has 4 aromatic rings. The van der Waals surface area contributed by atoms with Crippen LogP contribution in [0.5, 0.6) is 0 Å². The number of carbonyl (C=O) groups excluding carboxylic acids is 1. The first-order valence-electron chi connectivity index (χ1n) is 9.99. The van der Waals surface area contributed by atoms with Crippen LogP contribution in [-0.4, -0.2) is 43.2 Å². The second kappa shape index (κ2) is 8.24. The third-order valence-electron chi connectivity index (χ3n) is 5.49. The van der Waals surface area contributed by atoms with Gasteiger partial charge in [0.2, 0.25) is 0 Å². The van der Waals surface area contributed by atoms with Crippen LogP contribution in [0, 0.1) is 5.82 Å². The zero-order valence-electron chi connectivity index (χ0n) is 17.2. The maximum absolute atomic E-state index is 14.0. The molecule has 5 heterocycles. The Morgan fingerprint density at radius 3 is 2.71 bits per heavy atom. The average molecular weight is 492 g/mol. The molecule has 174 valence electrons. The van der Waals surface area contributed by atoms with E-state index in [0.717, 1.165) is 16.7 Å². The number of hydrogen-bond acceptors (Lipinski definition) is 5. The summed E-state index contributed by atoms with van der Waals surface area (Å²) in [6.45, 7) is 0.277. The van der Waals surface area contributed by atoms with E-state index in [0.29, 0.717) is 17.6 Å². The zero-order chi connectivity index (χ0) is 24.0. The first-order chi connectivity index (χ1) is 16.2. The molecule has 34 heavy (non-hydrogen) atoms. The van der Waals surface area contributed by atoms with Gasteiger partial charge in [0, 0.05) is 30.4 Å². The van der Waals surface area contributed by atoms with Gasteiger partial charge in [0.05, 0.1) is 24.3 Å². The number of furan rings is 1. The van der Waals surface area contributed by atoms with Gasteiger partial charge in [0.15, 0.2) is 17.2 Å². The molecule has 1 amide bonds. The fourth-order valence-corrected chi connectivity index (χ4v) is 4.07. The summed E-state index contributed by atoms with van der Waals surface area (Å²) in [6.07, 6.45) is 3.47. The van der Waals surface area contributed by atoms with E-state index in [2.05, 4.69) is 15.0 Å². The predicted molar refractivity (Wildman–Crippen MR) is 113 cm³/mol. The van der Waals surface area contributed by atoms with Gasteiger partial charge >= 0.3 is 6.18 Å². The number of hydrogen-bond donors (Lipinski definition) is 0. The van der Waals surface area contributed by atoms with Crippen LogP contribution in [0.15, 0.2) is 53.9 Å². The molecule has 5 rings (SSSR count). The minimum atomic E-state index is -4.74. The van der Waals surface area contributed by atoms with Crippen LogP contribution in [0.25, 0.3) is 22.3 Å². The molecule has 1 aliphatic heterocycles. The standard InChI is InChI=1S/C22H14ClF4N5O2/c23-19-18(21(33)31-4-1-12(2-5-31)17-16(24)8-28-11-29-17)30-20-15(22(25,26)27)7-14(9-32(19)20)13-3-6-34-10-13/h1,3,6-11H,2,4-5H2. The lowest BCUT2D eigenvalue weighted by Crippen LogP contribution is -2.35. The number of carbonyl (C=O) groups is 1. The van der Waals surface area contributed by atoms with Gasteiger partial charge in [-0.25, -0.2) is 19.3 Å². The Bertz CT molecular complexity index is 1430. The molecule has 0 N–H and O–H groups in total. The van der Waals surface area contributed by atoms with Crippen molar-refractivity contribution in [3.8, 4) is 11.1 Å². The van der Waals surface area contributed by atoms with Crippen LogP contribution in [0.3, 0.4) is 0 Å². The van der Waals surface area contributed by atoms with E-state index in [1.54, 1.807) is 6.08 Å². The predicted octanol–water partition coefficient (Wildman–Crippen LogP) is 5.13. The quantitative estimate of drug-likeness (QED) is 0.372. The van der Waals surface area contributed by atoms with Crippen molar-refractivity contribution in [2.24, 2.45) is 0 Å². The molecule has 0 saturated heterocycles. The van der Waals surface area contributed by atoms with E-state index in [-0.39, 0.29) is 35.2 Å². The fraction of sp³-hybridized carbons (Fsp3) is 0.182. The van der Waals surface area contributed by atoms with Crippen molar-refractivity contribution in [3.05, 3.63) is 77.4 Å². The Morgan fingerprint density at radius 2 is 2.06 bits per heavy atom. The van der Waals surface area contributed by atoms with Gasteiger partial charge in [0.1, 0.15) is 17.2 Å². The fourth-order valence-electron chi connectivity index (χ4n) is 3.82. The topological polar surface area (TPSA) is 76.5 Å². The normalized spacial score (nSPS) is 14.5. The maximum atomic E-state index is 14.0. The van der Waals surface area contributed by atoms with Gasteiger partial charge in [-0.2, -0.15) is 13.2 Å². The first kappa shape index (κ1) is 22.1. The molecule has 4 aromatic heterocycles. The summed E-state index contributed by atoms with van der Waals surface area (Å²) in [6, 6.07) is 2.44. The van der Waals surface area contributed by atoms with E-state index in [4.69, 9.17) is 16.0 Å².